The number of pyridine rings is 8. The summed E-state index contributed by atoms with van der Waals surface area (Å²) >= 11 is 0. The molecule has 494 valence electrons. The first-order valence-electron chi connectivity index (χ1n) is 35.5. The third-order valence-corrected chi connectivity index (χ3v) is 20.6. The zero-order valence-electron chi connectivity index (χ0n) is 56.9. The van der Waals surface area contributed by atoms with E-state index < -0.39 is 0 Å². The van der Waals surface area contributed by atoms with Crippen molar-refractivity contribution >= 4 is 87.6 Å². The van der Waals surface area contributed by atoms with E-state index in [-0.39, 0.29) is 0 Å². The number of nitrogens with zero attached hydrogens (tertiary/aromatic N) is 12. The molecule has 0 saturated carbocycles. The van der Waals surface area contributed by atoms with Gasteiger partial charge in [-0.2, -0.15) is 0 Å². The van der Waals surface area contributed by atoms with Gasteiger partial charge in [0, 0.05) is 96.9 Å². The van der Waals surface area contributed by atoms with Gasteiger partial charge in [-0.05, 0) is 120 Å². The van der Waals surface area contributed by atoms with Crippen molar-refractivity contribution in [3.05, 3.63) is 353 Å². The van der Waals surface area contributed by atoms with Crippen molar-refractivity contribution < 1.29 is 0 Å². The van der Waals surface area contributed by atoms with Crippen LogP contribution in [0.1, 0.15) is 0 Å². The van der Waals surface area contributed by atoms with Gasteiger partial charge in [-0.15, -0.1) is 0 Å². The molecule has 0 radical (unpaired) electrons. The largest absolute Gasteiger partial charge is 0.305 e. The Labute approximate surface area is 607 Å². The molecule has 0 bridgehead atoms. The van der Waals surface area contributed by atoms with Crippen LogP contribution in [0.5, 0.6) is 0 Å². The highest BCUT2D eigenvalue weighted by atomic mass is 15.2. The van der Waals surface area contributed by atoms with Gasteiger partial charge < -0.3 is 9.13 Å². The van der Waals surface area contributed by atoms with Gasteiger partial charge in [0.05, 0.1) is 94.8 Å². The third kappa shape index (κ3) is 9.69. The molecule has 0 spiro atoms. The molecule has 12 heteroatoms. The molecule has 106 heavy (non-hydrogen) atoms. The Hall–Kier alpha value is -14.6. The quantitative estimate of drug-likeness (QED) is 0.119. The van der Waals surface area contributed by atoms with E-state index in [1.54, 1.807) is 0 Å². The number of hydrogen-bond donors (Lipinski definition) is 0. The first kappa shape index (κ1) is 60.2. The minimum atomic E-state index is 0.653. The SMILES string of the molecule is c1ccc(-c2cc(-c3cc(-c4ccccc4-c4c(-n5c6ccccc6c6cnccc65)c(-n5c6ccccc6c6ncccc65)nc(-n5c6ccccc6c6ncccc65)c4-n4c5ccccc5c5ncccc54)cc(-c4cc(-c5ccccc5)nc(-c5ccccc5)c4)n3)cc(-c3ccccc3)n2)cc1. The summed E-state index contributed by atoms with van der Waals surface area (Å²) in [6, 6.07) is 113. The number of benzene rings is 9. The molecular formula is C94H58N12. The second-order valence-electron chi connectivity index (χ2n) is 26.6. The lowest BCUT2D eigenvalue weighted by atomic mass is 9.90. The molecule has 0 N–H and O–H groups in total. The minimum Gasteiger partial charge on any atom is -0.305 e. The van der Waals surface area contributed by atoms with Crippen LogP contribution in [0.4, 0.5) is 0 Å². The highest BCUT2D eigenvalue weighted by Gasteiger charge is 2.34. The summed E-state index contributed by atoms with van der Waals surface area (Å²) in [6.45, 7) is 0. The van der Waals surface area contributed by atoms with Crippen LogP contribution in [-0.4, -0.2) is 58.1 Å². The van der Waals surface area contributed by atoms with Crippen LogP contribution >= 0.6 is 0 Å². The molecule has 9 aromatic carbocycles. The summed E-state index contributed by atoms with van der Waals surface area (Å²) in [7, 11) is 0. The Bertz CT molecular complexity index is 6360. The second-order valence-corrected chi connectivity index (χ2v) is 26.6. The number of rotatable bonds is 12. The topological polar surface area (TPSA) is 123 Å². The van der Waals surface area contributed by atoms with Crippen LogP contribution in [0.3, 0.4) is 0 Å². The van der Waals surface area contributed by atoms with Crippen LogP contribution in [0.2, 0.25) is 0 Å². The van der Waals surface area contributed by atoms with Crippen LogP contribution in [0.15, 0.2) is 353 Å². The van der Waals surface area contributed by atoms with Gasteiger partial charge in [-0.3, -0.25) is 29.1 Å². The molecule has 0 aliphatic heterocycles. The maximum absolute atomic E-state index is 6.50. The predicted molar refractivity (Wildman–Crippen MR) is 430 cm³/mol. The fourth-order valence-corrected chi connectivity index (χ4v) is 16.0. The molecule has 0 unspecified atom stereocenters. The molecule has 0 aliphatic carbocycles. The molecular weight excluding hydrogens is 1300 g/mol. The standard InChI is InChI=1S/C94H58N12/c1-5-26-59(27-6-1)73-54-64(55-74(99-73)60-28-7-2-8-29-60)77-52-63(53-78(101-77)65-56-75(61-30-9-3-10-31-61)100-76(57-65)62-32-11-4-12-33-62)66-34-13-14-36-68(66)87-91(103-79-40-19-15-35-67(79)72-58-95-51-47-83(72)103)93(105-81-42-21-17-38-70(81)89-85(105)45-24-49-97-89)102-94(106-82-43-22-18-39-71(82)90-86(106)46-25-50-98-90)92(87)104-80-41-20-16-37-69(80)88-84(104)44-23-48-96-88/h1-58H. The van der Waals surface area contributed by atoms with E-state index in [1.165, 1.54) is 0 Å². The van der Waals surface area contributed by atoms with Gasteiger partial charge in [0.25, 0.3) is 0 Å². The van der Waals surface area contributed by atoms with Crippen molar-refractivity contribution in [2.24, 2.45) is 0 Å². The normalized spacial score (nSPS) is 11.8. The van der Waals surface area contributed by atoms with Gasteiger partial charge in [0.15, 0.2) is 11.6 Å². The zero-order valence-corrected chi connectivity index (χ0v) is 56.9. The van der Waals surface area contributed by atoms with Crippen LogP contribution in [0, 0.1) is 0 Å². The number of aromatic nitrogens is 12. The summed E-state index contributed by atoms with van der Waals surface area (Å²) in [6.07, 6.45) is 9.56. The van der Waals surface area contributed by atoms with E-state index in [0.717, 1.165) is 189 Å². The van der Waals surface area contributed by atoms with E-state index in [0.29, 0.717) is 11.6 Å². The highest BCUT2D eigenvalue weighted by Crippen LogP contribution is 2.51. The average Bonchev–Trinajstić information content (AvgIpc) is 1.40. The molecule has 0 fully saturated rings. The molecule has 0 saturated heterocycles. The Morgan fingerprint density at radius 2 is 0.519 bits per heavy atom. The molecule has 0 aliphatic rings. The monoisotopic (exact) mass is 1350 g/mol. The van der Waals surface area contributed by atoms with E-state index in [1.807, 2.05) is 73.4 Å². The summed E-state index contributed by atoms with van der Waals surface area (Å²) in [5.41, 5.74) is 25.6. The summed E-state index contributed by atoms with van der Waals surface area (Å²) in [4.78, 5) is 43.8. The van der Waals surface area contributed by atoms with Crippen molar-refractivity contribution in [3.63, 3.8) is 0 Å². The Balaban J connectivity index is 0.977. The highest BCUT2D eigenvalue weighted by molar-refractivity contribution is 6.15. The lowest BCUT2D eigenvalue weighted by molar-refractivity contribution is 0.960. The smallest absolute Gasteiger partial charge is 0.165 e. The van der Waals surface area contributed by atoms with Gasteiger partial charge in [0.2, 0.25) is 0 Å². The maximum atomic E-state index is 6.50. The fraction of sp³-hybridized carbons (Fsp3) is 0. The predicted octanol–water partition coefficient (Wildman–Crippen LogP) is 22.6. The summed E-state index contributed by atoms with van der Waals surface area (Å²) in [5, 5.41) is 4.98. The van der Waals surface area contributed by atoms with Crippen LogP contribution < -0.4 is 0 Å². The van der Waals surface area contributed by atoms with E-state index in [2.05, 4.69) is 297 Å². The average molecular weight is 1360 g/mol. The summed E-state index contributed by atoms with van der Waals surface area (Å²) < 4.78 is 9.54. The number of para-hydroxylation sites is 4. The van der Waals surface area contributed by atoms with Crippen molar-refractivity contribution in [2.45, 2.75) is 0 Å². The van der Waals surface area contributed by atoms with Gasteiger partial charge in [0.1, 0.15) is 11.4 Å². The van der Waals surface area contributed by atoms with Gasteiger partial charge >= 0.3 is 0 Å². The zero-order chi connectivity index (χ0) is 69.8. The lowest BCUT2D eigenvalue weighted by Gasteiger charge is -2.27. The molecule has 21 aromatic rings. The Morgan fingerprint density at radius 1 is 0.208 bits per heavy atom. The minimum absolute atomic E-state index is 0.653. The molecule has 12 nitrogen and oxygen atoms in total. The van der Waals surface area contributed by atoms with E-state index in [4.69, 9.17) is 39.9 Å². The maximum Gasteiger partial charge on any atom is 0.165 e. The number of fused-ring (bicyclic) bond motifs is 12. The summed E-state index contributed by atoms with van der Waals surface area (Å²) in [5.74, 6) is 1.31. The van der Waals surface area contributed by atoms with E-state index >= 15 is 0 Å². The van der Waals surface area contributed by atoms with Crippen molar-refractivity contribution in [3.8, 4) is 113 Å². The molecule has 12 aromatic heterocycles. The van der Waals surface area contributed by atoms with Crippen LogP contribution in [-0.2, 0) is 0 Å². The molecule has 0 amide bonds. The number of hydrogen-bond acceptors (Lipinski definition) is 8. The van der Waals surface area contributed by atoms with Gasteiger partial charge in [-0.25, -0.2) is 19.9 Å². The molecule has 21 rings (SSSR count). The lowest BCUT2D eigenvalue weighted by Crippen LogP contribution is -2.16. The molecule has 12 heterocycles. The first-order valence-corrected chi connectivity index (χ1v) is 35.5. The van der Waals surface area contributed by atoms with E-state index in [9.17, 15) is 0 Å². The Kier molecular flexibility index (Phi) is 14.0. The first-order chi connectivity index (χ1) is 52.6. The van der Waals surface area contributed by atoms with Gasteiger partial charge in [-0.1, -0.05) is 218 Å². The second kappa shape index (κ2) is 24.6. The van der Waals surface area contributed by atoms with Crippen molar-refractivity contribution in [1.82, 2.24) is 58.1 Å². The molecule has 0 atom stereocenters. The Morgan fingerprint density at radius 3 is 0.953 bits per heavy atom. The fourth-order valence-electron chi connectivity index (χ4n) is 16.0. The van der Waals surface area contributed by atoms with Crippen molar-refractivity contribution in [1.29, 1.82) is 0 Å². The van der Waals surface area contributed by atoms with Crippen molar-refractivity contribution in [2.75, 3.05) is 0 Å². The third-order valence-electron chi connectivity index (χ3n) is 20.6. The van der Waals surface area contributed by atoms with Crippen LogP contribution in [0.25, 0.3) is 200 Å².